The number of hydrogen-bond acceptors (Lipinski definition) is 3. The lowest BCUT2D eigenvalue weighted by atomic mass is 9.94. The van der Waals surface area contributed by atoms with Crippen LogP contribution in [0, 0.1) is 0 Å². The van der Waals surface area contributed by atoms with Gasteiger partial charge in [0.05, 0.1) is 18.2 Å². The highest BCUT2D eigenvalue weighted by Gasteiger charge is 2.30. The molecule has 0 spiro atoms. The predicted molar refractivity (Wildman–Crippen MR) is 107 cm³/mol. The number of thiocarbonyl (C=S) groups is 1. The summed E-state index contributed by atoms with van der Waals surface area (Å²) in [4.78, 5) is 13.0. The van der Waals surface area contributed by atoms with Crippen LogP contribution < -0.4 is 20.7 Å². The second-order valence-corrected chi connectivity index (χ2v) is 6.30. The summed E-state index contributed by atoms with van der Waals surface area (Å²) in [6.07, 6.45) is 0. The molecular formula is C20H21N3O2S. The lowest BCUT2D eigenvalue weighted by Crippen LogP contribution is -2.45. The first-order chi connectivity index (χ1) is 12.6. The molecule has 5 nitrogen and oxygen atoms in total. The maximum atomic E-state index is 13.0. The van der Waals surface area contributed by atoms with Crippen molar-refractivity contribution in [2.75, 3.05) is 11.9 Å². The number of carbonyl (C=O) groups is 1. The Balaban J connectivity index is 1.94. The second-order valence-electron chi connectivity index (χ2n) is 5.90. The summed E-state index contributed by atoms with van der Waals surface area (Å²) in [5.74, 6) is 0.583. The highest BCUT2D eigenvalue weighted by atomic mass is 32.1. The van der Waals surface area contributed by atoms with Crippen molar-refractivity contribution >= 4 is 28.9 Å². The maximum absolute atomic E-state index is 13.0. The van der Waals surface area contributed by atoms with E-state index in [4.69, 9.17) is 17.0 Å². The molecule has 1 aliphatic rings. The molecule has 1 atom stereocenters. The van der Waals surface area contributed by atoms with Crippen molar-refractivity contribution in [2.45, 2.75) is 19.9 Å². The Kier molecular flexibility index (Phi) is 5.53. The molecule has 2 aromatic rings. The van der Waals surface area contributed by atoms with E-state index < -0.39 is 0 Å². The van der Waals surface area contributed by atoms with Crippen molar-refractivity contribution in [3.8, 4) is 5.75 Å². The van der Waals surface area contributed by atoms with Crippen LogP contribution >= 0.6 is 12.2 Å². The van der Waals surface area contributed by atoms with Crippen LogP contribution in [0.4, 0.5) is 5.69 Å². The van der Waals surface area contributed by atoms with E-state index in [1.807, 2.05) is 68.4 Å². The first-order valence-electron chi connectivity index (χ1n) is 8.46. The molecule has 0 saturated heterocycles. The molecule has 0 saturated carbocycles. The van der Waals surface area contributed by atoms with Gasteiger partial charge in [0.1, 0.15) is 5.75 Å². The van der Waals surface area contributed by atoms with Crippen LogP contribution in [0.1, 0.15) is 25.5 Å². The molecule has 0 radical (unpaired) electrons. The standard InChI is InChI=1S/C20H21N3O2S/c1-3-25-16-11-7-8-14(12-16)18-17(13(2)21-20(26)23-18)19(24)22-15-9-5-4-6-10-15/h4-12,18H,3H2,1-2H3,(H,22,24)(H2,21,23,26)/t18-/m0/s1. The van der Waals surface area contributed by atoms with Crippen molar-refractivity contribution in [3.05, 3.63) is 71.4 Å². The summed E-state index contributed by atoms with van der Waals surface area (Å²) in [7, 11) is 0. The van der Waals surface area contributed by atoms with Gasteiger partial charge in [-0.05, 0) is 55.9 Å². The second kappa shape index (κ2) is 8.01. The Morgan fingerprint density at radius 2 is 1.96 bits per heavy atom. The number of allylic oxidation sites excluding steroid dienone is 1. The van der Waals surface area contributed by atoms with Gasteiger partial charge in [-0.1, -0.05) is 30.3 Å². The molecule has 0 fully saturated rings. The van der Waals surface area contributed by atoms with Gasteiger partial charge in [-0.15, -0.1) is 0 Å². The number of amides is 1. The third-order valence-electron chi connectivity index (χ3n) is 4.05. The van der Waals surface area contributed by atoms with Gasteiger partial charge in [0.25, 0.3) is 5.91 Å². The van der Waals surface area contributed by atoms with Gasteiger partial charge in [0, 0.05) is 11.4 Å². The number of ether oxygens (including phenoxy) is 1. The van der Waals surface area contributed by atoms with Crippen molar-refractivity contribution in [1.82, 2.24) is 10.6 Å². The Morgan fingerprint density at radius 3 is 2.69 bits per heavy atom. The Hall–Kier alpha value is -2.86. The summed E-state index contributed by atoms with van der Waals surface area (Å²) in [6, 6.07) is 16.7. The fraction of sp³-hybridized carbons (Fsp3) is 0.200. The van der Waals surface area contributed by atoms with Crippen molar-refractivity contribution in [2.24, 2.45) is 0 Å². The molecule has 0 unspecified atom stereocenters. The van der Waals surface area contributed by atoms with Gasteiger partial charge < -0.3 is 20.7 Å². The number of nitrogens with one attached hydrogen (secondary N) is 3. The third kappa shape index (κ3) is 4.03. The minimum atomic E-state index is -0.354. The van der Waals surface area contributed by atoms with Gasteiger partial charge in [-0.25, -0.2) is 0 Å². The molecule has 0 bridgehead atoms. The normalized spacial score (nSPS) is 16.5. The quantitative estimate of drug-likeness (QED) is 0.706. The van der Waals surface area contributed by atoms with Crippen molar-refractivity contribution in [1.29, 1.82) is 0 Å². The highest BCUT2D eigenvalue weighted by molar-refractivity contribution is 7.80. The van der Waals surface area contributed by atoms with Crippen LogP contribution in [0.15, 0.2) is 65.9 Å². The van der Waals surface area contributed by atoms with Crippen LogP contribution in [-0.4, -0.2) is 17.6 Å². The van der Waals surface area contributed by atoms with Crippen LogP contribution in [-0.2, 0) is 4.79 Å². The lowest BCUT2D eigenvalue weighted by molar-refractivity contribution is -0.113. The molecule has 0 aliphatic carbocycles. The number of hydrogen-bond donors (Lipinski definition) is 3. The van der Waals surface area contributed by atoms with Crippen LogP contribution in [0.2, 0.25) is 0 Å². The van der Waals surface area contributed by atoms with Crippen LogP contribution in [0.25, 0.3) is 0 Å². The van der Waals surface area contributed by atoms with E-state index in [1.54, 1.807) is 0 Å². The van der Waals surface area contributed by atoms with Crippen LogP contribution in [0.3, 0.4) is 0 Å². The van der Waals surface area contributed by atoms with E-state index in [2.05, 4.69) is 16.0 Å². The number of anilines is 1. The molecule has 1 aliphatic heterocycles. The van der Waals surface area contributed by atoms with Gasteiger partial charge in [0.15, 0.2) is 5.11 Å². The van der Waals surface area contributed by atoms with Gasteiger partial charge in [0.2, 0.25) is 0 Å². The monoisotopic (exact) mass is 367 g/mol. The molecule has 2 aromatic carbocycles. The fourth-order valence-electron chi connectivity index (χ4n) is 2.92. The fourth-order valence-corrected chi connectivity index (χ4v) is 3.19. The first-order valence-corrected chi connectivity index (χ1v) is 8.86. The summed E-state index contributed by atoms with van der Waals surface area (Å²) < 4.78 is 5.59. The molecule has 134 valence electrons. The Bertz CT molecular complexity index is 849. The zero-order valence-electron chi connectivity index (χ0n) is 14.7. The summed E-state index contributed by atoms with van der Waals surface area (Å²) in [5, 5.41) is 9.67. The largest absolute Gasteiger partial charge is 0.494 e. The average Bonchev–Trinajstić information content (AvgIpc) is 2.62. The topological polar surface area (TPSA) is 62.4 Å². The molecule has 1 heterocycles. The first kappa shape index (κ1) is 17.9. The van der Waals surface area contributed by atoms with E-state index in [9.17, 15) is 4.79 Å². The molecule has 1 amide bonds. The Labute approximate surface area is 158 Å². The number of benzene rings is 2. The summed E-state index contributed by atoms with van der Waals surface area (Å²) in [5.41, 5.74) is 2.98. The minimum absolute atomic E-state index is 0.178. The van der Waals surface area contributed by atoms with E-state index in [0.717, 1.165) is 22.7 Å². The average molecular weight is 367 g/mol. The van der Waals surface area contributed by atoms with Gasteiger partial charge >= 0.3 is 0 Å². The van der Waals surface area contributed by atoms with E-state index in [1.165, 1.54) is 0 Å². The lowest BCUT2D eigenvalue weighted by Gasteiger charge is -2.30. The highest BCUT2D eigenvalue weighted by Crippen LogP contribution is 2.29. The molecule has 3 N–H and O–H groups in total. The molecular weight excluding hydrogens is 346 g/mol. The number of rotatable bonds is 5. The van der Waals surface area contributed by atoms with E-state index in [0.29, 0.717) is 17.3 Å². The molecule has 6 heteroatoms. The van der Waals surface area contributed by atoms with Crippen LogP contribution in [0.5, 0.6) is 5.75 Å². The molecule has 3 rings (SSSR count). The zero-order valence-corrected chi connectivity index (χ0v) is 15.5. The summed E-state index contributed by atoms with van der Waals surface area (Å²) in [6.45, 7) is 4.37. The predicted octanol–water partition coefficient (Wildman–Crippen LogP) is 3.52. The minimum Gasteiger partial charge on any atom is -0.494 e. The van der Waals surface area contributed by atoms with E-state index in [-0.39, 0.29) is 11.9 Å². The zero-order chi connectivity index (χ0) is 18.5. The van der Waals surface area contributed by atoms with Crippen molar-refractivity contribution < 1.29 is 9.53 Å². The number of para-hydroxylation sites is 1. The third-order valence-corrected chi connectivity index (χ3v) is 4.27. The maximum Gasteiger partial charge on any atom is 0.255 e. The van der Waals surface area contributed by atoms with E-state index >= 15 is 0 Å². The SMILES string of the molecule is CCOc1cccc([C@@H]2NC(=S)NC(C)=C2C(=O)Nc2ccccc2)c1. The smallest absolute Gasteiger partial charge is 0.255 e. The van der Waals surface area contributed by atoms with Gasteiger partial charge in [-0.2, -0.15) is 0 Å². The van der Waals surface area contributed by atoms with Gasteiger partial charge in [-0.3, -0.25) is 4.79 Å². The summed E-state index contributed by atoms with van der Waals surface area (Å²) >= 11 is 5.29. The molecule has 26 heavy (non-hydrogen) atoms. The number of carbonyl (C=O) groups excluding carboxylic acids is 1. The van der Waals surface area contributed by atoms with Crippen molar-refractivity contribution in [3.63, 3.8) is 0 Å². The molecule has 0 aromatic heterocycles. The Morgan fingerprint density at radius 1 is 1.19 bits per heavy atom.